The van der Waals surface area contributed by atoms with E-state index in [1.807, 2.05) is 6.92 Å². The van der Waals surface area contributed by atoms with E-state index in [1.54, 1.807) is 7.05 Å². The second-order valence-electron chi connectivity index (χ2n) is 2.46. The molecule has 5 nitrogen and oxygen atoms in total. The number of nitrogens with one attached hydrogen (secondary N) is 1. The normalized spacial score (nSPS) is 9.15. The maximum Gasteiger partial charge on any atom is 0.317 e. The van der Waals surface area contributed by atoms with Crippen molar-refractivity contribution in [2.24, 2.45) is 0 Å². The maximum atomic E-state index is 11.1. The van der Waals surface area contributed by atoms with Crippen LogP contribution in [0.25, 0.3) is 0 Å². The van der Waals surface area contributed by atoms with E-state index in [0.29, 0.717) is 13.1 Å². The van der Waals surface area contributed by atoms with E-state index < -0.39 is 0 Å². The van der Waals surface area contributed by atoms with Gasteiger partial charge in [0.05, 0.1) is 13.5 Å². The van der Waals surface area contributed by atoms with E-state index >= 15 is 0 Å². The number of hydrogen-bond acceptors (Lipinski definition) is 3. The van der Waals surface area contributed by atoms with E-state index in [0.717, 1.165) is 0 Å². The molecule has 0 aromatic heterocycles. The van der Waals surface area contributed by atoms with Crippen LogP contribution in [0.1, 0.15) is 13.3 Å². The summed E-state index contributed by atoms with van der Waals surface area (Å²) in [4.78, 5) is 23.4. The summed E-state index contributed by atoms with van der Waals surface area (Å²) in [6.45, 7) is 2.83. The van der Waals surface area contributed by atoms with Gasteiger partial charge in [0.15, 0.2) is 0 Å². The fourth-order valence-electron chi connectivity index (χ4n) is 0.890. The molecule has 0 saturated carbocycles. The Bertz CT molecular complexity index is 182. The summed E-state index contributed by atoms with van der Waals surface area (Å²) in [5.41, 5.74) is 0. The second kappa shape index (κ2) is 6.28. The molecule has 0 radical (unpaired) electrons. The van der Waals surface area contributed by atoms with Crippen LogP contribution in [0.5, 0.6) is 0 Å². The molecule has 0 unspecified atom stereocenters. The zero-order chi connectivity index (χ0) is 10.3. The summed E-state index contributed by atoms with van der Waals surface area (Å²) in [6, 6.07) is -0.175. The van der Waals surface area contributed by atoms with Gasteiger partial charge in [-0.25, -0.2) is 4.79 Å². The molecular formula is C8H16N2O3. The van der Waals surface area contributed by atoms with Crippen LogP contribution >= 0.6 is 0 Å². The van der Waals surface area contributed by atoms with Crippen LogP contribution < -0.4 is 5.32 Å². The molecule has 5 heteroatoms. The van der Waals surface area contributed by atoms with E-state index in [2.05, 4.69) is 10.1 Å². The monoisotopic (exact) mass is 188 g/mol. The molecule has 0 atom stereocenters. The molecule has 0 bridgehead atoms. The number of carbonyl (C=O) groups excluding carboxylic acids is 2. The average Bonchev–Trinajstić information content (AvgIpc) is 2.17. The number of rotatable bonds is 4. The van der Waals surface area contributed by atoms with Crippen molar-refractivity contribution in [3.8, 4) is 0 Å². The molecule has 0 fully saturated rings. The zero-order valence-corrected chi connectivity index (χ0v) is 8.29. The van der Waals surface area contributed by atoms with Gasteiger partial charge in [-0.15, -0.1) is 0 Å². The van der Waals surface area contributed by atoms with E-state index in [4.69, 9.17) is 0 Å². The van der Waals surface area contributed by atoms with Gasteiger partial charge in [-0.2, -0.15) is 0 Å². The van der Waals surface area contributed by atoms with Gasteiger partial charge in [-0.3, -0.25) is 4.79 Å². The van der Waals surface area contributed by atoms with Crippen molar-refractivity contribution in [3.05, 3.63) is 0 Å². The van der Waals surface area contributed by atoms with Crippen molar-refractivity contribution in [1.29, 1.82) is 0 Å². The van der Waals surface area contributed by atoms with Crippen LogP contribution in [0, 0.1) is 0 Å². The van der Waals surface area contributed by atoms with Gasteiger partial charge in [0.2, 0.25) is 0 Å². The Morgan fingerprint density at radius 3 is 2.46 bits per heavy atom. The predicted octanol–water partition coefficient (Wildman–Crippen LogP) is 0.211. The number of urea groups is 1. The van der Waals surface area contributed by atoms with Crippen molar-refractivity contribution in [3.63, 3.8) is 0 Å². The number of esters is 1. The quantitative estimate of drug-likeness (QED) is 0.642. The number of ether oxygens (including phenoxy) is 1. The second-order valence-corrected chi connectivity index (χ2v) is 2.46. The molecule has 0 rings (SSSR count). The fourth-order valence-corrected chi connectivity index (χ4v) is 0.890. The Hall–Kier alpha value is -1.26. The van der Waals surface area contributed by atoms with Gasteiger partial charge >= 0.3 is 12.0 Å². The molecule has 13 heavy (non-hydrogen) atoms. The van der Waals surface area contributed by atoms with Gasteiger partial charge in [0, 0.05) is 20.1 Å². The first-order valence-corrected chi connectivity index (χ1v) is 4.19. The summed E-state index contributed by atoms with van der Waals surface area (Å²) in [5, 5.41) is 2.49. The number of methoxy groups -OCH3 is 1. The predicted molar refractivity (Wildman–Crippen MR) is 48.3 cm³/mol. The first-order chi connectivity index (χ1) is 6.15. The highest BCUT2D eigenvalue weighted by Crippen LogP contribution is 1.93. The largest absolute Gasteiger partial charge is 0.469 e. The molecule has 76 valence electrons. The molecule has 1 N–H and O–H groups in total. The molecule has 0 saturated heterocycles. The Kier molecular flexibility index (Phi) is 5.67. The lowest BCUT2D eigenvalue weighted by Gasteiger charge is -2.19. The van der Waals surface area contributed by atoms with Crippen molar-refractivity contribution in [2.75, 3.05) is 27.2 Å². The number of hydrogen-bond donors (Lipinski definition) is 1. The average molecular weight is 188 g/mol. The lowest BCUT2D eigenvalue weighted by molar-refractivity contribution is -0.140. The Balaban J connectivity index is 3.85. The van der Waals surface area contributed by atoms with Crippen LogP contribution in [0.2, 0.25) is 0 Å². The number of carbonyl (C=O) groups is 2. The first kappa shape index (κ1) is 11.7. The fraction of sp³-hybridized carbons (Fsp3) is 0.750. The van der Waals surface area contributed by atoms with E-state index in [-0.39, 0.29) is 18.4 Å². The lowest BCUT2D eigenvalue weighted by Crippen LogP contribution is -2.39. The third kappa shape index (κ3) is 4.35. The van der Waals surface area contributed by atoms with Gasteiger partial charge in [-0.1, -0.05) is 0 Å². The Morgan fingerprint density at radius 2 is 2.08 bits per heavy atom. The third-order valence-electron chi connectivity index (χ3n) is 1.70. The highest BCUT2D eigenvalue weighted by molar-refractivity contribution is 5.75. The highest BCUT2D eigenvalue weighted by atomic mass is 16.5. The van der Waals surface area contributed by atoms with Crippen molar-refractivity contribution in [1.82, 2.24) is 10.2 Å². The van der Waals surface area contributed by atoms with Gasteiger partial charge < -0.3 is 15.0 Å². The molecule has 2 amide bonds. The van der Waals surface area contributed by atoms with E-state index in [1.165, 1.54) is 12.0 Å². The Morgan fingerprint density at radius 1 is 1.46 bits per heavy atom. The summed E-state index contributed by atoms with van der Waals surface area (Å²) in [5.74, 6) is -0.303. The van der Waals surface area contributed by atoms with Crippen molar-refractivity contribution >= 4 is 12.0 Å². The summed E-state index contributed by atoms with van der Waals surface area (Å²) in [6.07, 6.45) is 0.234. The molecule has 0 spiro atoms. The first-order valence-electron chi connectivity index (χ1n) is 4.19. The molecule has 0 heterocycles. The van der Waals surface area contributed by atoms with Crippen LogP contribution in [0.3, 0.4) is 0 Å². The maximum absolute atomic E-state index is 11.1. The van der Waals surface area contributed by atoms with Gasteiger partial charge in [-0.05, 0) is 6.92 Å². The van der Waals surface area contributed by atoms with Crippen molar-refractivity contribution < 1.29 is 14.3 Å². The molecule has 0 aromatic rings. The highest BCUT2D eigenvalue weighted by Gasteiger charge is 2.10. The van der Waals surface area contributed by atoms with Crippen molar-refractivity contribution in [2.45, 2.75) is 13.3 Å². The minimum absolute atomic E-state index is 0.175. The minimum atomic E-state index is -0.303. The van der Waals surface area contributed by atoms with Crippen LogP contribution in [0.15, 0.2) is 0 Å². The molecule has 0 aromatic carbocycles. The topological polar surface area (TPSA) is 58.6 Å². The van der Waals surface area contributed by atoms with Crippen LogP contribution in [-0.2, 0) is 9.53 Å². The number of nitrogens with zero attached hydrogens (tertiary/aromatic N) is 1. The molecule has 0 aliphatic heterocycles. The van der Waals surface area contributed by atoms with Crippen LogP contribution in [-0.4, -0.2) is 44.1 Å². The standard InChI is InChI=1S/C8H16N2O3/c1-4-10(8(12)9-2)6-5-7(11)13-3/h4-6H2,1-3H3,(H,9,12). The van der Waals surface area contributed by atoms with E-state index in [9.17, 15) is 9.59 Å². The third-order valence-corrected chi connectivity index (χ3v) is 1.70. The summed E-state index contributed by atoms with van der Waals surface area (Å²) >= 11 is 0. The molecular weight excluding hydrogens is 172 g/mol. The summed E-state index contributed by atoms with van der Waals surface area (Å²) < 4.78 is 4.46. The SMILES string of the molecule is CCN(CCC(=O)OC)C(=O)NC. The Labute approximate surface area is 78.0 Å². The summed E-state index contributed by atoms with van der Waals surface area (Å²) in [7, 11) is 2.89. The zero-order valence-electron chi connectivity index (χ0n) is 8.29. The van der Waals surface area contributed by atoms with Crippen LogP contribution in [0.4, 0.5) is 4.79 Å². The van der Waals surface area contributed by atoms with Gasteiger partial charge in [0.25, 0.3) is 0 Å². The lowest BCUT2D eigenvalue weighted by atomic mass is 10.4. The minimum Gasteiger partial charge on any atom is -0.469 e. The van der Waals surface area contributed by atoms with Gasteiger partial charge in [0.1, 0.15) is 0 Å². The molecule has 0 aliphatic rings. The molecule has 0 aliphatic carbocycles. The number of amides is 2. The smallest absolute Gasteiger partial charge is 0.317 e.